The van der Waals surface area contributed by atoms with Crippen LogP contribution in [0.1, 0.15) is 21.7 Å². The van der Waals surface area contributed by atoms with Crippen LogP contribution in [0.15, 0.2) is 11.4 Å². The molecule has 2 heterocycles. The summed E-state index contributed by atoms with van der Waals surface area (Å²) in [5, 5.41) is 1.98. The molecule has 1 aromatic rings. The standard InChI is InChI=1S/C10H12BrNOS/c1-7-3-5-14-9(7)10(13)12-4-2-8(11)6-12/h3,5,8H,2,4,6H2,1H3. The van der Waals surface area contributed by atoms with Gasteiger partial charge in [0.25, 0.3) is 5.91 Å². The normalized spacial score (nSPS) is 21.6. The number of hydrogen-bond acceptors (Lipinski definition) is 2. The lowest BCUT2D eigenvalue weighted by molar-refractivity contribution is 0.0797. The molecule has 1 unspecified atom stereocenters. The molecule has 1 aliphatic heterocycles. The minimum Gasteiger partial charge on any atom is -0.337 e. The second-order valence-electron chi connectivity index (χ2n) is 3.57. The van der Waals surface area contributed by atoms with Crippen LogP contribution in [0.2, 0.25) is 0 Å². The van der Waals surface area contributed by atoms with Gasteiger partial charge in [-0.3, -0.25) is 4.79 Å². The molecule has 0 aliphatic carbocycles. The predicted molar refractivity (Wildman–Crippen MR) is 62.3 cm³/mol. The van der Waals surface area contributed by atoms with E-state index in [0.717, 1.165) is 30.0 Å². The molecule has 1 aromatic heterocycles. The van der Waals surface area contributed by atoms with E-state index in [4.69, 9.17) is 0 Å². The third-order valence-corrected chi connectivity index (χ3v) is 4.23. The van der Waals surface area contributed by atoms with Crippen LogP contribution in [0, 0.1) is 6.92 Å². The molecule has 1 atom stereocenters. The summed E-state index contributed by atoms with van der Waals surface area (Å²) in [4.78, 5) is 15.3. The van der Waals surface area contributed by atoms with E-state index in [1.807, 2.05) is 23.3 Å². The highest BCUT2D eigenvalue weighted by Crippen LogP contribution is 2.23. The van der Waals surface area contributed by atoms with Crippen molar-refractivity contribution in [2.45, 2.75) is 18.2 Å². The number of amides is 1. The SMILES string of the molecule is Cc1ccsc1C(=O)N1CCC(Br)C1. The second-order valence-corrected chi connectivity index (χ2v) is 5.78. The molecule has 0 N–H and O–H groups in total. The Labute approximate surface area is 96.0 Å². The molecule has 1 aliphatic rings. The zero-order valence-corrected chi connectivity index (χ0v) is 10.4. The maximum atomic E-state index is 12.0. The van der Waals surface area contributed by atoms with Crippen LogP contribution in [0.3, 0.4) is 0 Å². The number of carbonyl (C=O) groups excluding carboxylic acids is 1. The highest BCUT2D eigenvalue weighted by molar-refractivity contribution is 9.09. The van der Waals surface area contributed by atoms with Gasteiger partial charge in [0.1, 0.15) is 0 Å². The van der Waals surface area contributed by atoms with Gasteiger partial charge in [-0.1, -0.05) is 15.9 Å². The van der Waals surface area contributed by atoms with Crippen molar-refractivity contribution in [1.29, 1.82) is 0 Å². The van der Waals surface area contributed by atoms with Crippen molar-refractivity contribution < 1.29 is 4.79 Å². The second kappa shape index (κ2) is 4.03. The third-order valence-electron chi connectivity index (χ3n) is 2.47. The Bertz CT molecular complexity index is 350. The van der Waals surface area contributed by atoms with E-state index in [-0.39, 0.29) is 5.91 Å². The number of hydrogen-bond donors (Lipinski definition) is 0. The summed E-state index contributed by atoms with van der Waals surface area (Å²) in [5.74, 6) is 0.194. The molecule has 2 nitrogen and oxygen atoms in total. The van der Waals surface area contributed by atoms with Gasteiger partial charge in [-0.05, 0) is 30.4 Å². The molecule has 14 heavy (non-hydrogen) atoms. The molecule has 76 valence electrons. The number of carbonyl (C=O) groups is 1. The highest BCUT2D eigenvalue weighted by atomic mass is 79.9. The van der Waals surface area contributed by atoms with Gasteiger partial charge < -0.3 is 4.90 Å². The molecular formula is C10H12BrNOS. The monoisotopic (exact) mass is 273 g/mol. The van der Waals surface area contributed by atoms with Crippen LogP contribution in [-0.4, -0.2) is 28.7 Å². The van der Waals surface area contributed by atoms with Crippen molar-refractivity contribution in [2.24, 2.45) is 0 Å². The van der Waals surface area contributed by atoms with Crippen LogP contribution in [0.5, 0.6) is 0 Å². The average Bonchev–Trinajstić information content (AvgIpc) is 2.73. The first kappa shape index (κ1) is 10.2. The summed E-state index contributed by atoms with van der Waals surface area (Å²) in [7, 11) is 0. The van der Waals surface area contributed by atoms with Gasteiger partial charge in [-0.15, -0.1) is 11.3 Å². The van der Waals surface area contributed by atoms with Crippen LogP contribution in [0.4, 0.5) is 0 Å². The van der Waals surface area contributed by atoms with Crippen molar-refractivity contribution in [3.05, 3.63) is 21.9 Å². The lowest BCUT2D eigenvalue weighted by atomic mass is 10.3. The summed E-state index contributed by atoms with van der Waals surface area (Å²) in [6.07, 6.45) is 1.07. The Morgan fingerprint density at radius 3 is 3.00 bits per heavy atom. The van der Waals surface area contributed by atoms with Crippen molar-refractivity contribution in [1.82, 2.24) is 4.90 Å². The number of aryl methyl sites for hydroxylation is 1. The maximum Gasteiger partial charge on any atom is 0.264 e. The van der Waals surface area contributed by atoms with E-state index >= 15 is 0 Å². The topological polar surface area (TPSA) is 20.3 Å². The van der Waals surface area contributed by atoms with E-state index < -0.39 is 0 Å². The molecule has 1 fully saturated rings. The first-order valence-corrected chi connectivity index (χ1v) is 6.45. The minimum absolute atomic E-state index is 0.194. The number of alkyl halides is 1. The largest absolute Gasteiger partial charge is 0.337 e. The Kier molecular flexibility index (Phi) is 2.93. The van der Waals surface area contributed by atoms with Crippen LogP contribution < -0.4 is 0 Å². The maximum absolute atomic E-state index is 12.0. The summed E-state index contributed by atoms with van der Waals surface area (Å²) < 4.78 is 0. The van der Waals surface area contributed by atoms with Gasteiger partial charge in [0.15, 0.2) is 0 Å². The summed E-state index contributed by atoms with van der Waals surface area (Å²) >= 11 is 5.08. The van der Waals surface area contributed by atoms with E-state index in [9.17, 15) is 4.79 Å². The number of rotatable bonds is 1. The summed E-state index contributed by atoms with van der Waals surface area (Å²) in [5.41, 5.74) is 1.10. The molecule has 4 heteroatoms. The molecule has 1 amide bonds. The van der Waals surface area contributed by atoms with Gasteiger partial charge >= 0.3 is 0 Å². The van der Waals surface area contributed by atoms with E-state index in [1.54, 1.807) is 0 Å². The fourth-order valence-corrected chi connectivity index (χ4v) is 3.08. The lowest BCUT2D eigenvalue weighted by Gasteiger charge is -2.14. The molecule has 0 bridgehead atoms. The molecule has 0 spiro atoms. The van der Waals surface area contributed by atoms with Gasteiger partial charge in [0.05, 0.1) is 4.88 Å². The minimum atomic E-state index is 0.194. The molecule has 0 saturated carbocycles. The van der Waals surface area contributed by atoms with Gasteiger partial charge in [0.2, 0.25) is 0 Å². The zero-order valence-electron chi connectivity index (χ0n) is 8.00. The Balaban J connectivity index is 2.13. The zero-order chi connectivity index (χ0) is 10.1. The van der Waals surface area contributed by atoms with E-state index in [0.29, 0.717) is 4.83 Å². The number of halogens is 1. The Hall–Kier alpha value is -0.350. The number of likely N-dealkylation sites (tertiary alicyclic amines) is 1. The van der Waals surface area contributed by atoms with Gasteiger partial charge in [-0.25, -0.2) is 0 Å². The van der Waals surface area contributed by atoms with Crippen molar-refractivity contribution >= 4 is 33.2 Å². The quantitative estimate of drug-likeness (QED) is 0.721. The van der Waals surface area contributed by atoms with Crippen LogP contribution in [-0.2, 0) is 0 Å². The molecule has 0 aromatic carbocycles. The third kappa shape index (κ3) is 1.86. The van der Waals surface area contributed by atoms with Crippen LogP contribution in [0.25, 0.3) is 0 Å². The average molecular weight is 274 g/mol. The molecule has 1 saturated heterocycles. The number of nitrogens with zero attached hydrogens (tertiary/aromatic N) is 1. The van der Waals surface area contributed by atoms with Crippen molar-refractivity contribution in [2.75, 3.05) is 13.1 Å². The fraction of sp³-hybridized carbons (Fsp3) is 0.500. The van der Waals surface area contributed by atoms with Gasteiger partial charge in [0, 0.05) is 17.9 Å². The highest BCUT2D eigenvalue weighted by Gasteiger charge is 2.26. The number of thiophene rings is 1. The Morgan fingerprint density at radius 2 is 2.50 bits per heavy atom. The predicted octanol–water partition coefficient (Wildman–Crippen LogP) is 2.67. The fourth-order valence-electron chi connectivity index (χ4n) is 1.64. The first-order chi connectivity index (χ1) is 6.68. The molecular weight excluding hydrogens is 262 g/mol. The smallest absolute Gasteiger partial charge is 0.264 e. The van der Waals surface area contributed by atoms with Gasteiger partial charge in [-0.2, -0.15) is 0 Å². The molecule has 2 rings (SSSR count). The van der Waals surface area contributed by atoms with Crippen molar-refractivity contribution in [3.8, 4) is 0 Å². The van der Waals surface area contributed by atoms with E-state index in [1.165, 1.54) is 11.3 Å². The lowest BCUT2D eigenvalue weighted by Crippen LogP contribution is -2.28. The first-order valence-electron chi connectivity index (χ1n) is 4.66. The van der Waals surface area contributed by atoms with E-state index in [2.05, 4.69) is 15.9 Å². The van der Waals surface area contributed by atoms with Crippen LogP contribution >= 0.6 is 27.3 Å². The Morgan fingerprint density at radius 1 is 1.71 bits per heavy atom. The summed E-state index contributed by atoms with van der Waals surface area (Å²) in [6, 6.07) is 2.00. The molecule has 0 radical (unpaired) electrons. The van der Waals surface area contributed by atoms with Crippen molar-refractivity contribution in [3.63, 3.8) is 0 Å². The summed E-state index contributed by atoms with van der Waals surface area (Å²) in [6.45, 7) is 3.72.